The number of hydrogen-bond donors (Lipinski definition) is 1. The van der Waals surface area contributed by atoms with Crippen molar-refractivity contribution in [3.63, 3.8) is 0 Å². The Hall–Kier alpha value is -0.570. The fourth-order valence-electron chi connectivity index (χ4n) is 2.50. The molecule has 2 unspecified atom stereocenters. The van der Waals surface area contributed by atoms with Gasteiger partial charge in [-0.3, -0.25) is 4.79 Å². The molecule has 2 atom stereocenters. The third kappa shape index (κ3) is 2.27. The van der Waals surface area contributed by atoms with Crippen LogP contribution in [0.1, 0.15) is 26.7 Å². The minimum Gasteiger partial charge on any atom is -0.469 e. The Balaban J connectivity index is 2.62. The number of rotatable bonds is 4. The first-order chi connectivity index (χ1) is 6.74. The number of carbonyl (C=O) groups is 1. The van der Waals surface area contributed by atoms with E-state index in [0.717, 1.165) is 25.9 Å². The monoisotopic (exact) mass is 199 g/mol. The Labute approximate surface area is 86.2 Å². The Kier molecular flexibility index (Phi) is 4.39. The highest BCUT2D eigenvalue weighted by atomic mass is 16.5. The van der Waals surface area contributed by atoms with Crippen molar-refractivity contribution in [2.24, 2.45) is 17.8 Å². The Morgan fingerprint density at radius 2 is 2.07 bits per heavy atom. The maximum atomic E-state index is 11.5. The fraction of sp³-hybridized carbons (Fsp3) is 0.909. The largest absolute Gasteiger partial charge is 0.469 e. The highest BCUT2D eigenvalue weighted by molar-refractivity contribution is 5.73. The second-order valence-corrected chi connectivity index (χ2v) is 4.03. The zero-order valence-electron chi connectivity index (χ0n) is 9.38. The summed E-state index contributed by atoms with van der Waals surface area (Å²) < 4.78 is 4.82. The predicted octanol–water partition coefficient (Wildman–Crippen LogP) is 1.43. The van der Waals surface area contributed by atoms with E-state index in [1.165, 1.54) is 7.11 Å². The summed E-state index contributed by atoms with van der Waals surface area (Å²) in [6, 6.07) is 0. The molecule has 0 saturated carbocycles. The smallest absolute Gasteiger partial charge is 0.310 e. The van der Waals surface area contributed by atoms with Crippen LogP contribution in [0.25, 0.3) is 0 Å². The van der Waals surface area contributed by atoms with Gasteiger partial charge in [0, 0.05) is 6.54 Å². The number of ether oxygens (including phenoxy) is 1. The van der Waals surface area contributed by atoms with Gasteiger partial charge in [-0.1, -0.05) is 26.7 Å². The molecule has 14 heavy (non-hydrogen) atoms. The molecule has 1 aliphatic rings. The zero-order chi connectivity index (χ0) is 10.6. The van der Waals surface area contributed by atoms with E-state index >= 15 is 0 Å². The number of nitrogens with one attached hydrogen (secondary N) is 1. The minimum absolute atomic E-state index is 0.0492. The van der Waals surface area contributed by atoms with Crippen molar-refractivity contribution in [1.82, 2.24) is 5.32 Å². The molecule has 82 valence electrons. The molecule has 0 bridgehead atoms. The summed E-state index contributed by atoms with van der Waals surface area (Å²) in [7, 11) is 1.48. The highest BCUT2D eigenvalue weighted by Gasteiger charge is 2.37. The first-order valence-corrected chi connectivity index (χ1v) is 5.53. The molecule has 0 spiro atoms. The molecule has 1 rings (SSSR count). The van der Waals surface area contributed by atoms with E-state index in [1.54, 1.807) is 0 Å². The molecule has 0 aromatic heterocycles. The molecule has 3 nitrogen and oxygen atoms in total. The average Bonchev–Trinajstić information content (AvgIpc) is 2.68. The van der Waals surface area contributed by atoms with Gasteiger partial charge in [-0.25, -0.2) is 0 Å². The lowest BCUT2D eigenvalue weighted by Crippen LogP contribution is -2.28. The molecule has 1 N–H and O–H groups in total. The molecule has 1 saturated heterocycles. The normalized spacial score (nSPS) is 26.9. The summed E-state index contributed by atoms with van der Waals surface area (Å²) in [6.07, 6.45) is 2.30. The van der Waals surface area contributed by atoms with E-state index in [9.17, 15) is 4.79 Å². The molecular formula is C11H21NO2. The van der Waals surface area contributed by atoms with Crippen LogP contribution < -0.4 is 5.32 Å². The van der Waals surface area contributed by atoms with Gasteiger partial charge >= 0.3 is 5.97 Å². The van der Waals surface area contributed by atoms with E-state index in [1.807, 2.05) is 0 Å². The molecule has 0 aromatic rings. The van der Waals surface area contributed by atoms with Crippen LogP contribution in [0.2, 0.25) is 0 Å². The number of carbonyl (C=O) groups excluding carboxylic acids is 1. The SMILES string of the molecule is CCC(CC)C1CNCC1C(=O)OC. The van der Waals surface area contributed by atoms with Gasteiger partial charge < -0.3 is 10.1 Å². The Morgan fingerprint density at radius 1 is 1.43 bits per heavy atom. The molecule has 0 radical (unpaired) electrons. The molecule has 0 aromatic carbocycles. The topological polar surface area (TPSA) is 38.3 Å². The first-order valence-electron chi connectivity index (χ1n) is 5.53. The van der Waals surface area contributed by atoms with E-state index in [0.29, 0.717) is 11.8 Å². The lowest BCUT2D eigenvalue weighted by Gasteiger charge is -2.24. The second-order valence-electron chi connectivity index (χ2n) is 4.03. The van der Waals surface area contributed by atoms with Crippen LogP contribution in [0.15, 0.2) is 0 Å². The lowest BCUT2D eigenvalue weighted by atomic mass is 9.81. The van der Waals surface area contributed by atoms with E-state index in [2.05, 4.69) is 19.2 Å². The molecule has 1 fully saturated rings. The average molecular weight is 199 g/mol. The number of hydrogen-bond acceptors (Lipinski definition) is 3. The van der Waals surface area contributed by atoms with Gasteiger partial charge in [0.1, 0.15) is 0 Å². The fourth-order valence-corrected chi connectivity index (χ4v) is 2.50. The van der Waals surface area contributed by atoms with Crippen molar-refractivity contribution in [1.29, 1.82) is 0 Å². The van der Waals surface area contributed by atoms with Gasteiger partial charge in [0.15, 0.2) is 0 Å². The molecule has 0 amide bonds. The predicted molar refractivity (Wildman–Crippen MR) is 55.9 cm³/mol. The van der Waals surface area contributed by atoms with E-state index in [-0.39, 0.29) is 11.9 Å². The van der Waals surface area contributed by atoms with E-state index < -0.39 is 0 Å². The second kappa shape index (κ2) is 5.35. The van der Waals surface area contributed by atoms with Crippen LogP contribution >= 0.6 is 0 Å². The van der Waals surface area contributed by atoms with Crippen molar-refractivity contribution in [2.75, 3.05) is 20.2 Å². The van der Waals surface area contributed by atoms with Crippen molar-refractivity contribution >= 4 is 5.97 Å². The highest BCUT2D eigenvalue weighted by Crippen LogP contribution is 2.30. The van der Waals surface area contributed by atoms with E-state index in [4.69, 9.17) is 4.74 Å². The van der Waals surface area contributed by atoms with Gasteiger partial charge in [-0.05, 0) is 18.4 Å². The molecule has 1 aliphatic heterocycles. The van der Waals surface area contributed by atoms with Crippen LogP contribution in [-0.4, -0.2) is 26.2 Å². The van der Waals surface area contributed by atoms with Gasteiger partial charge in [0.2, 0.25) is 0 Å². The van der Waals surface area contributed by atoms with Crippen molar-refractivity contribution < 1.29 is 9.53 Å². The van der Waals surface area contributed by atoms with Crippen molar-refractivity contribution in [2.45, 2.75) is 26.7 Å². The number of methoxy groups -OCH3 is 1. The zero-order valence-corrected chi connectivity index (χ0v) is 9.38. The van der Waals surface area contributed by atoms with Gasteiger partial charge in [-0.15, -0.1) is 0 Å². The van der Waals surface area contributed by atoms with Crippen LogP contribution in [-0.2, 0) is 9.53 Å². The molecular weight excluding hydrogens is 178 g/mol. The van der Waals surface area contributed by atoms with Crippen molar-refractivity contribution in [3.8, 4) is 0 Å². The van der Waals surface area contributed by atoms with Gasteiger partial charge in [0.05, 0.1) is 13.0 Å². The quantitative estimate of drug-likeness (QED) is 0.696. The standard InChI is InChI=1S/C11H21NO2/c1-4-8(5-2)9-6-12-7-10(9)11(13)14-3/h8-10,12H,4-7H2,1-3H3. The summed E-state index contributed by atoms with van der Waals surface area (Å²) in [6.45, 7) is 6.14. The van der Waals surface area contributed by atoms with Crippen LogP contribution in [0, 0.1) is 17.8 Å². The maximum Gasteiger partial charge on any atom is 0.310 e. The molecule has 1 heterocycles. The summed E-state index contributed by atoms with van der Waals surface area (Å²) in [5, 5.41) is 3.29. The molecule has 3 heteroatoms. The summed E-state index contributed by atoms with van der Waals surface area (Å²) in [5.74, 6) is 1.14. The van der Waals surface area contributed by atoms with Gasteiger partial charge in [-0.2, -0.15) is 0 Å². The van der Waals surface area contributed by atoms with Crippen LogP contribution in [0.5, 0.6) is 0 Å². The van der Waals surface area contributed by atoms with Crippen LogP contribution in [0.3, 0.4) is 0 Å². The Bertz CT molecular complexity index is 190. The third-order valence-corrected chi connectivity index (χ3v) is 3.42. The minimum atomic E-state index is -0.0492. The maximum absolute atomic E-state index is 11.5. The third-order valence-electron chi connectivity index (χ3n) is 3.42. The molecule has 0 aliphatic carbocycles. The van der Waals surface area contributed by atoms with Crippen molar-refractivity contribution in [3.05, 3.63) is 0 Å². The van der Waals surface area contributed by atoms with Gasteiger partial charge in [0.25, 0.3) is 0 Å². The summed E-state index contributed by atoms with van der Waals surface area (Å²) >= 11 is 0. The number of esters is 1. The summed E-state index contributed by atoms with van der Waals surface area (Å²) in [4.78, 5) is 11.5. The lowest BCUT2D eigenvalue weighted by molar-refractivity contribution is -0.146. The summed E-state index contributed by atoms with van der Waals surface area (Å²) in [5.41, 5.74) is 0. The van der Waals surface area contributed by atoms with Crippen LogP contribution in [0.4, 0.5) is 0 Å². The first kappa shape index (κ1) is 11.5. The Morgan fingerprint density at radius 3 is 2.57 bits per heavy atom.